The third-order valence-electron chi connectivity index (χ3n) is 5.63. The van der Waals surface area contributed by atoms with Gasteiger partial charge in [0.05, 0.1) is 30.6 Å². The van der Waals surface area contributed by atoms with Gasteiger partial charge in [-0.2, -0.15) is 4.52 Å². The van der Waals surface area contributed by atoms with Crippen LogP contribution in [0.1, 0.15) is 5.82 Å². The van der Waals surface area contributed by atoms with Crippen molar-refractivity contribution in [3.63, 3.8) is 0 Å². The topological polar surface area (TPSA) is 165 Å². The summed E-state index contributed by atoms with van der Waals surface area (Å²) in [6.07, 6.45) is 3.06. The van der Waals surface area contributed by atoms with E-state index in [1.807, 2.05) is 6.07 Å². The summed E-state index contributed by atoms with van der Waals surface area (Å²) in [5, 5.41) is 16.6. The zero-order valence-corrected chi connectivity index (χ0v) is 19.8. The van der Waals surface area contributed by atoms with E-state index in [9.17, 15) is 0 Å². The highest BCUT2D eigenvalue weighted by molar-refractivity contribution is 5.89. The summed E-state index contributed by atoms with van der Waals surface area (Å²) in [5.41, 5.74) is 10.1. The lowest BCUT2D eigenvalue weighted by molar-refractivity contribution is 0.398. The summed E-state index contributed by atoms with van der Waals surface area (Å²) < 4.78 is 8.20. The van der Waals surface area contributed by atoms with E-state index in [-0.39, 0.29) is 12.5 Å². The number of fused-ring (bicyclic) bond motifs is 1. The van der Waals surface area contributed by atoms with Gasteiger partial charge in [-0.25, -0.2) is 34.4 Å². The number of nitrogens with zero attached hydrogens (tertiary/aromatic N) is 12. The van der Waals surface area contributed by atoms with Gasteiger partial charge in [0.15, 0.2) is 17.2 Å². The van der Waals surface area contributed by atoms with E-state index in [2.05, 4.69) is 45.4 Å². The molecule has 6 rings (SSSR count). The van der Waals surface area contributed by atoms with Crippen LogP contribution in [0.2, 0.25) is 0 Å². The van der Waals surface area contributed by atoms with E-state index in [0.717, 1.165) is 0 Å². The minimum Gasteiger partial charge on any atom is -0.481 e. The Labute approximate surface area is 214 Å². The number of methoxy groups -OCH3 is 1. The minimum absolute atomic E-state index is 0.117. The van der Waals surface area contributed by atoms with Gasteiger partial charge in [0.1, 0.15) is 18.6 Å². The van der Waals surface area contributed by atoms with Crippen LogP contribution in [0.15, 0.2) is 61.1 Å². The van der Waals surface area contributed by atoms with E-state index in [1.54, 1.807) is 48.7 Å². The first kappa shape index (κ1) is 22.6. The van der Waals surface area contributed by atoms with Crippen LogP contribution < -0.4 is 10.5 Å². The van der Waals surface area contributed by atoms with E-state index in [4.69, 9.17) is 22.0 Å². The van der Waals surface area contributed by atoms with Crippen molar-refractivity contribution in [1.82, 2.24) is 54.7 Å². The number of pyridine rings is 1. The third-order valence-corrected chi connectivity index (χ3v) is 5.63. The molecule has 0 bridgehead atoms. The maximum absolute atomic E-state index is 7.40. The lowest BCUT2D eigenvalue weighted by atomic mass is 10.0. The first-order valence-electron chi connectivity index (χ1n) is 11.2. The lowest BCUT2D eigenvalue weighted by Crippen LogP contribution is -2.08. The van der Waals surface area contributed by atoms with Crippen LogP contribution in [-0.4, -0.2) is 61.9 Å². The van der Waals surface area contributed by atoms with Gasteiger partial charge < -0.3 is 10.5 Å². The molecule has 14 heteroatoms. The van der Waals surface area contributed by atoms with E-state index in [1.165, 1.54) is 22.6 Å². The highest BCUT2D eigenvalue weighted by Crippen LogP contribution is 2.35. The molecule has 0 saturated carbocycles. The van der Waals surface area contributed by atoms with Crippen molar-refractivity contribution >= 4 is 17.3 Å². The van der Waals surface area contributed by atoms with Crippen LogP contribution >= 0.6 is 0 Å². The fraction of sp³-hybridized carbons (Fsp3) is 0.0833. The van der Waals surface area contributed by atoms with Crippen LogP contribution in [0.3, 0.4) is 0 Å². The molecule has 0 unspecified atom stereocenters. The monoisotopic (exact) mass is 503 g/mol. The van der Waals surface area contributed by atoms with Crippen molar-refractivity contribution in [1.29, 1.82) is 0 Å². The van der Waals surface area contributed by atoms with Gasteiger partial charge in [-0.15, -0.1) is 10.2 Å². The molecule has 184 valence electrons. The summed E-state index contributed by atoms with van der Waals surface area (Å²) in [6, 6.07) is 14.2. The second kappa shape index (κ2) is 9.32. The molecule has 0 aliphatic heterocycles. The Kier molecular flexibility index (Phi) is 5.54. The summed E-state index contributed by atoms with van der Waals surface area (Å²) >= 11 is 0. The predicted octanol–water partition coefficient (Wildman–Crippen LogP) is 2.49. The number of tetrazole rings is 1. The van der Waals surface area contributed by atoms with Crippen LogP contribution in [0, 0.1) is 6.57 Å². The van der Waals surface area contributed by atoms with Crippen molar-refractivity contribution in [2.24, 2.45) is 0 Å². The summed E-state index contributed by atoms with van der Waals surface area (Å²) in [5.74, 6) is 1.36. The standard InChI is InChI=1S/C24H17N13O/c1-26-15-6-3-5-14(11-15)21-20(16-9-10-27-13-28-16)23-30-18(33-37(23)24(25)31-21)12-36-22(32-34-35-36)17-7-4-8-19(29-17)38-2/h3-11,13H,12H2,2H3,(H2,25,31). The second-order valence-electron chi connectivity index (χ2n) is 7.94. The Morgan fingerprint density at radius 2 is 1.95 bits per heavy atom. The van der Waals surface area contributed by atoms with E-state index >= 15 is 0 Å². The molecule has 0 atom stereocenters. The van der Waals surface area contributed by atoms with Crippen LogP contribution in [0.4, 0.5) is 11.6 Å². The van der Waals surface area contributed by atoms with Gasteiger partial charge in [-0.3, -0.25) is 0 Å². The fourth-order valence-corrected chi connectivity index (χ4v) is 3.95. The lowest BCUT2D eigenvalue weighted by Gasteiger charge is -2.11. The number of hydrogen-bond acceptors (Lipinski definition) is 11. The molecule has 0 amide bonds. The van der Waals surface area contributed by atoms with Crippen LogP contribution in [0.25, 0.3) is 44.5 Å². The van der Waals surface area contributed by atoms with Gasteiger partial charge in [-0.1, -0.05) is 24.3 Å². The van der Waals surface area contributed by atoms with Crippen molar-refractivity contribution in [2.45, 2.75) is 6.54 Å². The molecule has 0 aliphatic rings. The van der Waals surface area contributed by atoms with Crippen molar-refractivity contribution < 1.29 is 4.74 Å². The molecule has 14 nitrogen and oxygen atoms in total. The Morgan fingerprint density at radius 3 is 2.76 bits per heavy atom. The molecular formula is C24H17N13O. The van der Waals surface area contributed by atoms with Crippen molar-refractivity contribution in [2.75, 3.05) is 12.8 Å². The number of hydrogen-bond donors (Lipinski definition) is 1. The Morgan fingerprint density at radius 1 is 1.05 bits per heavy atom. The largest absolute Gasteiger partial charge is 0.481 e. The first-order valence-corrected chi connectivity index (χ1v) is 11.2. The molecule has 38 heavy (non-hydrogen) atoms. The van der Waals surface area contributed by atoms with Crippen molar-refractivity contribution in [3.05, 3.63) is 78.3 Å². The molecule has 5 aromatic heterocycles. The second-order valence-corrected chi connectivity index (χ2v) is 7.94. The van der Waals surface area contributed by atoms with Gasteiger partial charge in [0.2, 0.25) is 17.7 Å². The van der Waals surface area contributed by atoms with Crippen LogP contribution in [-0.2, 0) is 6.54 Å². The average Bonchev–Trinajstić information content (AvgIpc) is 3.61. The summed E-state index contributed by atoms with van der Waals surface area (Å²) in [4.78, 5) is 25.8. The third kappa shape index (κ3) is 3.99. The Hall–Kier alpha value is -5.84. The van der Waals surface area contributed by atoms with E-state index in [0.29, 0.717) is 57.1 Å². The highest BCUT2D eigenvalue weighted by atomic mass is 16.5. The molecule has 5 heterocycles. The summed E-state index contributed by atoms with van der Waals surface area (Å²) in [7, 11) is 1.54. The number of ether oxygens (including phenoxy) is 1. The molecule has 2 N–H and O–H groups in total. The molecule has 1 aromatic carbocycles. The molecule has 0 saturated heterocycles. The Bertz CT molecular complexity index is 1820. The SMILES string of the molecule is [C-]#[N+]c1cccc(-c2nc(N)n3nc(Cn4nnnc4-c4cccc(OC)n4)nc3c2-c2ccncn2)c1. The number of benzene rings is 1. The number of rotatable bonds is 6. The first-order chi connectivity index (χ1) is 18.6. The molecule has 0 spiro atoms. The number of nitrogens with two attached hydrogens (primary N) is 1. The van der Waals surface area contributed by atoms with Gasteiger partial charge in [-0.05, 0) is 34.2 Å². The van der Waals surface area contributed by atoms with Gasteiger partial charge >= 0.3 is 0 Å². The Balaban J connectivity index is 1.50. The maximum atomic E-state index is 7.40. The zero-order valence-electron chi connectivity index (χ0n) is 19.8. The highest BCUT2D eigenvalue weighted by Gasteiger charge is 2.22. The molecule has 6 aromatic rings. The zero-order chi connectivity index (χ0) is 26.1. The normalized spacial score (nSPS) is 10.9. The fourth-order valence-electron chi connectivity index (χ4n) is 3.95. The molecule has 0 fully saturated rings. The quantitative estimate of drug-likeness (QED) is 0.332. The number of aromatic nitrogens is 11. The van der Waals surface area contributed by atoms with Crippen molar-refractivity contribution in [3.8, 4) is 39.9 Å². The van der Waals surface area contributed by atoms with Crippen LogP contribution in [0.5, 0.6) is 5.88 Å². The molecule has 0 radical (unpaired) electrons. The minimum atomic E-state index is 0.117. The van der Waals surface area contributed by atoms with Gasteiger partial charge in [0, 0.05) is 12.3 Å². The predicted molar refractivity (Wildman–Crippen MR) is 135 cm³/mol. The van der Waals surface area contributed by atoms with E-state index < -0.39 is 0 Å². The average molecular weight is 503 g/mol. The number of anilines is 1. The maximum Gasteiger partial charge on any atom is 0.223 e. The molecule has 0 aliphatic carbocycles. The van der Waals surface area contributed by atoms with Gasteiger partial charge in [0.25, 0.3) is 0 Å². The molecular weight excluding hydrogens is 486 g/mol. The summed E-state index contributed by atoms with van der Waals surface area (Å²) in [6.45, 7) is 7.53. The smallest absolute Gasteiger partial charge is 0.223 e. The number of nitrogen functional groups attached to an aromatic ring is 1.